The standard InChI is InChI=1S/C70H47N5O.Pt/c1-70(2,3)51-33-34-71-68(39-51)74-64-32-29-47(50-36-48(45-17-6-4-7-18-45)35-49(37-50)46-19-8-5-9-20-46)38-59(64)58-31-30-55(43-67(58)74)76-54-22-16-21-52(40-54)72-44-73(66-28-15-14-27-65(66)72)53-41-60-56-23-10-12-25-62(56)75-63-26-13-11-24-57(63)61(42-53)69(60)75;/h4-39,41-42H,1-3H3;/q-2;. The van der Waals surface area contributed by atoms with Crippen molar-refractivity contribution in [2.75, 3.05) is 0 Å². The van der Waals surface area contributed by atoms with Gasteiger partial charge in [0.15, 0.2) is 0 Å². The molecule has 7 heteroatoms. The summed E-state index contributed by atoms with van der Waals surface area (Å²) in [5.41, 5.74) is 17.5. The molecule has 10 aromatic carbocycles. The first-order valence-electron chi connectivity index (χ1n) is 25.9. The van der Waals surface area contributed by atoms with E-state index in [1.807, 2.05) is 24.4 Å². The molecule has 0 aliphatic heterocycles. The van der Waals surface area contributed by atoms with Gasteiger partial charge in [0.25, 0.3) is 6.33 Å². The number of rotatable bonds is 8. The van der Waals surface area contributed by atoms with Crippen LogP contribution >= 0.6 is 0 Å². The SMILES string of the molecule is CC(C)(C)c1ccnc(-n2c3[c-]c(Oc4[c-]c(-n5[c-][n+](-c6cc7c8ccccc8n8c9ccccc9c(c6)c78)c6ccccc65)ccc4)ccc3c3cc(-c4cc(-c5ccccc5)cc(-c5ccccc5)c4)ccc32)c1.[Pt]. The van der Waals surface area contributed by atoms with Crippen molar-refractivity contribution in [3.63, 3.8) is 0 Å². The Morgan fingerprint density at radius 1 is 0.455 bits per heavy atom. The number of pyridine rings is 1. The van der Waals surface area contributed by atoms with Gasteiger partial charge in [-0.3, -0.25) is 4.57 Å². The Morgan fingerprint density at radius 3 is 1.74 bits per heavy atom. The summed E-state index contributed by atoms with van der Waals surface area (Å²) in [6.45, 7) is 6.71. The van der Waals surface area contributed by atoms with Gasteiger partial charge >= 0.3 is 0 Å². The van der Waals surface area contributed by atoms with Gasteiger partial charge in [-0.2, -0.15) is 18.2 Å². The van der Waals surface area contributed by atoms with E-state index in [0.29, 0.717) is 11.5 Å². The molecule has 0 fully saturated rings. The molecule has 15 rings (SSSR count). The van der Waals surface area contributed by atoms with Crippen LogP contribution in [-0.2, 0) is 26.5 Å². The Hall–Kier alpha value is -9.09. The van der Waals surface area contributed by atoms with E-state index in [9.17, 15) is 0 Å². The van der Waals surface area contributed by atoms with Gasteiger partial charge in [0.1, 0.15) is 5.82 Å². The summed E-state index contributed by atoms with van der Waals surface area (Å²) < 4.78 is 15.7. The molecule has 0 spiro atoms. The van der Waals surface area contributed by atoms with Crippen LogP contribution in [0.5, 0.6) is 11.5 Å². The molecule has 0 N–H and O–H groups in total. The summed E-state index contributed by atoms with van der Waals surface area (Å²) in [5.74, 6) is 1.96. The van der Waals surface area contributed by atoms with Gasteiger partial charge in [-0.1, -0.05) is 160 Å². The molecule has 5 heterocycles. The molecule has 0 bridgehead atoms. The zero-order chi connectivity index (χ0) is 50.6. The summed E-state index contributed by atoms with van der Waals surface area (Å²) in [6.07, 6.45) is 5.67. The van der Waals surface area contributed by atoms with Crippen LogP contribution in [0.2, 0.25) is 0 Å². The van der Waals surface area contributed by atoms with E-state index in [-0.39, 0.29) is 26.5 Å². The zero-order valence-corrected chi connectivity index (χ0v) is 44.7. The second kappa shape index (κ2) is 18.0. The van der Waals surface area contributed by atoms with Gasteiger partial charge in [0.05, 0.1) is 33.3 Å². The molecule has 0 aliphatic carbocycles. The quantitative estimate of drug-likeness (QED) is 0.112. The molecule has 0 amide bonds. The molecule has 6 nitrogen and oxygen atoms in total. The van der Waals surface area contributed by atoms with Crippen molar-refractivity contribution in [3.05, 3.63) is 255 Å². The van der Waals surface area contributed by atoms with E-state index >= 15 is 0 Å². The summed E-state index contributed by atoms with van der Waals surface area (Å²) >= 11 is 0. The summed E-state index contributed by atoms with van der Waals surface area (Å²) in [5, 5.41) is 7.05. The van der Waals surface area contributed by atoms with Gasteiger partial charge in [-0.25, -0.2) is 4.98 Å². The van der Waals surface area contributed by atoms with E-state index in [1.165, 1.54) is 65.9 Å². The van der Waals surface area contributed by atoms with Crippen molar-refractivity contribution >= 4 is 70.9 Å². The molecule has 0 aliphatic rings. The van der Waals surface area contributed by atoms with Crippen molar-refractivity contribution in [3.8, 4) is 62.1 Å². The molecule has 0 unspecified atom stereocenters. The van der Waals surface area contributed by atoms with Crippen molar-refractivity contribution in [2.45, 2.75) is 26.2 Å². The van der Waals surface area contributed by atoms with E-state index in [0.717, 1.165) is 61.2 Å². The topological polar surface area (TPSA) is 40.3 Å². The van der Waals surface area contributed by atoms with Crippen molar-refractivity contribution in [1.82, 2.24) is 18.5 Å². The first kappa shape index (κ1) is 46.4. The third-order valence-corrected chi connectivity index (χ3v) is 15.2. The van der Waals surface area contributed by atoms with Gasteiger partial charge in [-0.15, -0.1) is 29.7 Å². The number of imidazole rings is 1. The van der Waals surface area contributed by atoms with E-state index < -0.39 is 0 Å². The molecule has 0 saturated heterocycles. The molecular formula is C70H47N5OPt-2. The van der Waals surface area contributed by atoms with E-state index in [1.54, 1.807) is 0 Å². The van der Waals surface area contributed by atoms with Crippen LogP contribution in [0.3, 0.4) is 0 Å². The fraction of sp³-hybridized carbons (Fsp3) is 0.0571. The summed E-state index contributed by atoms with van der Waals surface area (Å²) in [6, 6.07) is 87.3. The second-order valence-electron chi connectivity index (χ2n) is 20.9. The maximum absolute atomic E-state index is 6.79. The van der Waals surface area contributed by atoms with Crippen LogP contribution in [-0.4, -0.2) is 18.5 Å². The average molecular weight is 1170 g/mol. The average Bonchev–Trinajstić information content (AvgIpc) is 4.42. The number of benzene rings is 10. The molecule has 15 aromatic rings. The van der Waals surface area contributed by atoms with Gasteiger partial charge in [0.2, 0.25) is 0 Å². The Labute approximate surface area is 459 Å². The van der Waals surface area contributed by atoms with Gasteiger partial charge in [-0.05, 0) is 116 Å². The van der Waals surface area contributed by atoms with Crippen LogP contribution in [0, 0.1) is 18.5 Å². The first-order chi connectivity index (χ1) is 37.3. The zero-order valence-electron chi connectivity index (χ0n) is 42.4. The Kier molecular flexibility index (Phi) is 10.9. The van der Waals surface area contributed by atoms with Crippen molar-refractivity contribution < 1.29 is 30.4 Å². The largest absolute Gasteiger partial charge is 0.510 e. The third kappa shape index (κ3) is 7.65. The number of aromatic nitrogens is 5. The molecule has 0 atom stereocenters. The molecule has 0 saturated carbocycles. The fourth-order valence-electron chi connectivity index (χ4n) is 11.5. The van der Waals surface area contributed by atoms with Crippen LogP contribution in [0.15, 0.2) is 231 Å². The molecule has 77 heavy (non-hydrogen) atoms. The number of hydrogen-bond donors (Lipinski definition) is 0. The van der Waals surface area contributed by atoms with E-state index in [2.05, 4.69) is 264 Å². The van der Waals surface area contributed by atoms with Crippen LogP contribution in [0.4, 0.5) is 0 Å². The van der Waals surface area contributed by atoms with E-state index in [4.69, 9.17) is 9.72 Å². The Morgan fingerprint density at radius 2 is 1.06 bits per heavy atom. The van der Waals surface area contributed by atoms with Gasteiger partial charge < -0.3 is 18.3 Å². The number of nitrogens with zero attached hydrogens (tertiary/aromatic N) is 5. The fourth-order valence-corrected chi connectivity index (χ4v) is 11.5. The minimum absolute atomic E-state index is 0. The second-order valence-corrected chi connectivity index (χ2v) is 20.9. The number of ether oxygens (including phenoxy) is 1. The molecular weight excluding hydrogens is 1120 g/mol. The van der Waals surface area contributed by atoms with Crippen molar-refractivity contribution in [2.24, 2.45) is 0 Å². The third-order valence-electron chi connectivity index (χ3n) is 15.2. The predicted octanol–water partition coefficient (Wildman–Crippen LogP) is 17.0. The van der Waals surface area contributed by atoms with Crippen LogP contribution in [0.25, 0.3) is 122 Å². The maximum atomic E-state index is 6.79. The minimum atomic E-state index is -0.0809. The number of para-hydroxylation sites is 4. The minimum Gasteiger partial charge on any atom is -0.510 e. The molecule has 370 valence electrons. The number of fused-ring (bicyclic) bond motifs is 10. The maximum Gasteiger partial charge on any atom is 0.268 e. The first-order valence-corrected chi connectivity index (χ1v) is 25.9. The Bertz CT molecular complexity index is 4630. The van der Waals surface area contributed by atoms with Crippen molar-refractivity contribution in [1.29, 1.82) is 0 Å². The monoisotopic (exact) mass is 1170 g/mol. The summed E-state index contributed by atoms with van der Waals surface area (Å²) in [4.78, 5) is 5.01. The van der Waals surface area contributed by atoms with Crippen LogP contribution < -0.4 is 9.30 Å². The number of hydrogen-bond acceptors (Lipinski definition) is 2. The molecule has 0 radical (unpaired) electrons. The molecule has 5 aromatic heterocycles. The predicted molar refractivity (Wildman–Crippen MR) is 310 cm³/mol. The summed E-state index contributed by atoms with van der Waals surface area (Å²) in [7, 11) is 0. The Balaban J connectivity index is 0.00000540. The van der Waals surface area contributed by atoms with Crippen LogP contribution in [0.1, 0.15) is 26.3 Å². The smallest absolute Gasteiger partial charge is 0.268 e. The van der Waals surface area contributed by atoms with Gasteiger partial charge in [0, 0.05) is 65.8 Å². The normalized spacial score (nSPS) is 12.0.